The lowest BCUT2D eigenvalue weighted by atomic mass is 9.95. The molecule has 1 aliphatic heterocycles. The first-order chi connectivity index (χ1) is 15.0. The molecule has 3 aromatic rings. The van der Waals surface area contributed by atoms with Gasteiger partial charge in [-0.3, -0.25) is 4.99 Å². The second-order valence-corrected chi connectivity index (χ2v) is 8.43. The Morgan fingerprint density at radius 3 is 2.16 bits per heavy atom. The fourth-order valence-electron chi connectivity index (χ4n) is 3.74. The van der Waals surface area contributed by atoms with Crippen molar-refractivity contribution in [3.05, 3.63) is 93.5 Å². The van der Waals surface area contributed by atoms with Crippen LogP contribution in [-0.4, -0.2) is 19.0 Å². The van der Waals surface area contributed by atoms with Crippen LogP contribution in [0.2, 0.25) is 10.0 Å². The fraction of sp³-hybridized carbons (Fsp3) is 0.240. The third-order valence-corrected chi connectivity index (χ3v) is 5.84. The van der Waals surface area contributed by atoms with E-state index in [-0.39, 0.29) is 18.2 Å². The highest BCUT2D eigenvalue weighted by Crippen LogP contribution is 2.42. The summed E-state index contributed by atoms with van der Waals surface area (Å²) >= 11 is 13.1. The molecular weight excluding hydrogens is 431 g/mol. The molecule has 0 fully saturated rings. The lowest BCUT2D eigenvalue weighted by molar-refractivity contribution is 0.240. The summed E-state index contributed by atoms with van der Waals surface area (Å²) in [6.07, 6.45) is 0.00610. The minimum absolute atomic E-state index is 0.00610. The van der Waals surface area contributed by atoms with Crippen molar-refractivity contribution in [1.82, 2.24) is 5.32 Å². The van der Waals surface area contributed by atoms with Crippen LogP contribution in [0.3, 0.4) is 0 Å². The van der Waals surface area contributed by atoms with E-state index in [1.54, 1.807) is 7.11 Å². The van der Waals surface area contributed by atoms with Crippen LogP contribution in [0, 0.1) is 0 Å². The molecule has 1 aliphatic rings. The number of aliphatic imine (C=N–C) groups is 1. The lowest BCUT2D eigenvalue weighted by Gasteiger charge is -2.22. The average molecular weight is 455 g/mol. The highest BCUT2D eigenvalue weighted by Gasteiger charge is 2.35. The van der Waals surface area contributed by atoms with E-state index in [1.807, 2.05) is 80.6 Å². The Bertz CT molecular complexity index is 1110. The smallest absolute Gasteiger partial charge is 0.134 e. The van der Waals surface area contributed by atoms with E-state index in [0.717, 1.165) is 28.3 Å². The average Bonchev–Trinajstić information content (AvgIpc) is 3.18. The van der Waals surface area contributed by atoms with Gasteiger partial charge in [0, 0.05) is 16.1 Å². The number of hydrogen-bond donors (Lipinski definition) is 1. The minimum Gasteiger partial charge on any atom is -0.497 e. The van der Waals surface area contributed by atoms with Gasteiger partial charge in [-0.15, -0.1) is 0 Å². The van der Waals surface area contributed by atoms with E-state index < -0.39 is 0 Å². The van der Waals surface area contributed by atoms with Gasteiger partial charge in [0.1, 0.15) is 23.4 Å². The third-order valence-electron chi connectivity index (χ3n) is 5.15. The summed E-state index contributed by atoms with van der Waals surface area (Å²) < 4.78 is 11.5. The molecule has 0 aliphatic carbocycles. The van der Waals surface area contributed by atoms with Gasteiger partial charge in [-0.25, -0.2) is 0 Å². The molecule has 0 amide bonds. The Morgan fingerprint density at radius 2 is 1.55 bits per heavy atom. The monoisotopic (exact) mass is 454 g/mol. The van der Waals surface area contributed by atoms with Crippen molar-refractivity contribution in [2.75, 3.05) is 7.11 Å². The summed E-state index contributed by atoms with van der Waals surface area (Å²) in [5.74, 6) is 2.16. The maximum absolute atomic E-state index is 6.57. The van der Waals surface area contributed by atoms with Crippen LogP contribution < -0.4 is 14.8 Å². The quantitative estimate of drug-likeness (QED) is 0.454. The highest BCUT2D eigenvalue weighted by molar-refractivity contribution is 6.32. The van der Waals surface area contributed by atoms with Gasteiger partial charge in [0.15, 0.2) is 0 Å². The first-order valence-electron chi connectivity index (χ1n) is 10.2. The molecule has 4 rings (SSSR count). The number of hydrogen-bond acceptors (Lipinski definition) is 4. The van der Waals surface area contributed by atoms with Gasteiger partial charge in [-0.1, -0.05) is 59.6 Å². The van der Waals surface area contributed by atoms with Crippen LogP contribution in [0.15, 0.2) is 71.7 Å². The number of halogens is 2. The summed E-state index contributed by atoms with van der Waals surface area (Å²) in [7, 11) is 1.64. The lowest BCUT2D eigenvalue weighted by Crippen LogP contribution is -2.26. The molecule has 0 spiro atoms. The van der Waals surface area contributed by atoms with Crippen molar-refractivity contribution < 1.29 is 9.47 Å². The third kappa shape index (κ3) is 4.51. The van der Waals surface area contributed by atoms with Gasteiger partial charge in [-0.05, 0) is 49.2 Å². The summed E-state index contributed by atoms with van der Waals surface area (Å²) in [6, 6.07) is 20.9. The Balaban J connectivity index is 1.82. The fourth-order valence-corrected chi connectivity index (χ4v) is 4.24. The molecular formula is C25H24Cl2N2O2. The van der Waals surface area contributed by atoms with Gasteiger partial charge in [0.05, 0.1) is 24.8 Å². The van der Waals surface area contributed by atoms with Crippen molar-refractivity contribution in [3.63, 3.8) is 0 Å². The number of methoxy groups -OCH3 is 1. The number of nitrogens with one attached hydrogen (secondary N) is 1. The van der Waals surface area contributed by atoms with Crippen LogP contribution in [0.1, 0.15) is 42.6 Å². The maximum atomic E-state index is 6.57. The highest BCUT2D eigenvalue weighted by atomic mass is 35.5. The van der Waals surface area contributed by atoms with Crippen LogP contribution in [-0.2, 0) is 0 Å². The van der Waals surface area contributed by atoms with Crippen LogP contribution in [0.5, 0.6) is 11.5 Å². The molecule has 160 valence electrons. The maximum Gasteiger partial charge on any atom is 0.134 e. The summed E-state index contributed by atoms with van der Waals surface area (Å²) in [5, 5.41) is 4.93. The Hall–Kier alpha value is -2.69. The summed E-state index contributed by atoms with van der Waals surface area (Å²) in [5.41, 5.74) is 2.77. The largest absolute Gasteiger partial charge is 0.497 e. The SMILES string of the molecule is COc1ccc(C2=N[C@@H](c3ccccc3Cl)[C@@H](c3ccccc3Cl)N2)c(OC(C)C)c1. The van der Waals surface area contributed by atoms with E-state index in [4.69, 9.17) is 37.7 Å². The molecule has 3 aromatic carbocycles. The first kappa shape index (κ1) is 21.5. The van der Waals surface area contributed by atoms with Crippen molar-refractivity contribution >= 4 is 29.0 Å². The predicted molar refractivity (Wildman–Crippen MR) is 127 cm³/mol. The van der Waals surface area contributed by atoms with E-state index in [0.29, 0.717) is 15.8 Å². The predicted octanol–water partition coefficient (Wildman–Crippen LogP) is 6.62. The zero-order valence-corrected chi connectivity index (χ0v) is 19.1. The molecule has 0 aromatic heterocycles. The molecule has 2 atom stereocenters. The zero-order valence-electron chi connectivity index (χ0n) is 17.6. The van der Waals surface area contributed by atoms with E-state index in [9.17, 15) is 0 Å². The van der Waals surface area contributed by atoms with Crippen molar-refractivity contribution in [2.45, 2.75) is 32.0 Å². The topological polar surface area (TPSA) is 42.8 Å². The van der Waals surface area contributed by atoms with E-state index in [1.165, 1.54) is 0 Å². The van der Waals surface area contributed by atoms with Gasteiger partial charge < -0.3 is 14.8 Å². The van der Waals surface area contributed by atoms with E-state index in [2.05, 4.69) is 5.32 Å². The van der Waals surface area contributed by atoms with Gasteiger partial charge >= 0.3 is 0 Å². The molecule has 1 N–H and O–H groups in total. The molecule has 31 heavy (non-hydrogen) atoms. The number of nitrogens with zero attached hydrogens (tertiary/aromatic N) is 1. The zero-order chi connectivity index (χ0) is 22.0. The Morgan fingerprint density at radius 1 is 0.903 bits per heavy atom. The molecule has 0 saturated carbocycles. The normalized spacial score (nSPS) is 17.9. The molecule has 6 heteroatoms. The number of benzene rings is 3. The van der Waals surface area contributed by atoms with Crippen LogP contribution in [0.25, 0.3) is 0 Å². The number of ether oxygens (including phenoxy) is 2. The van der Waals surface area contributed by atoms with Gasteiger partial charge in [-0.2, -0.15) is 0 Å². The van der Waals surface area contributed by atoms with E-state index >= 15 is 0 Å². The Kier molecular flexibility index (Phi) is 6.40. The second kappa shape index (κ2) is 9.21. The summed E-state index contributed by atoms with van der Waals surface area (Å²) in [4.78, 5) is 5.05. The molecule has 0 unspecified atom stereocenters. The minimum atomic E-state index is -0.238. The molecule has 4 nitrogen and oxygen atoms in total. The summed E-state index contributed by atoms with van der Waals surface area (Å²) in [6.45, 7) is 3.98. The van der Waals surface area contributed by atoms with Crippen molar-refractivity contribution in [3.8, 4) is 11.5 Å². The van der Waals surface area contributed by atoms with Crippen molar-refractivity contribution in [1.29, 1.82) is 0 Å². The first-order valence-corrected chi connectivity index (χ1v) is 10.9. The molecule has 0 bridgehead atoms. The number of rotatable bonds is 6. The van der Waals surface area contributed by atoms with Crippen LogP contribution >= 0.6 is 23.2 Å². The molecule has 0 saturated heterocycles. The second-order valence-electron chi connectivity index (χ2n) is 7.62. The number of amidine groups is 1. The standard InChI is InChI=1S/C25H24Cl2N2O2/c1-15(2)31-22-14-16(30-3)12-13-19(22)25-28-23(17-8-4-6-10-20(17)26)24(29-25)18-9-5-7-11-21(18)27/h4-15,23-24H,1-3H3,(H,28,29)/t23-,24+. The molecule has 1 heterocycles. The van der Waals surface area contributed by atoms with Gasteiger partial charge in [0.2, 0.25) is 0 Å². The molecule has 0 radical (unpaired) electrons. The van der Waals surface area contributed by atoms with Gasteiger partial charge in [0.25, 0.3) is 0 Å². The van der Waals surface area contributed by atoms with Crippen molar-refractivity contribution in [2.24, 2.45) is 4.99 Å². The Labute approximate surface area is 192 Å². The van der Waals surface area contributed by atoms with Crippen LogP contribution in [0.4, 0.5) is 0 Å².